The van der Waals surface area contributed by atoms with Crippen LogP contribution in [0, 0.1) is 24.4 Å². The van der Waals surface area contributed by atoms with E-state index >= 15 is 0 Å². The van der Waals surface area contributed by atoms with E-state index in [1.54, 1.807) is 18.0 Å². The highest BCUT2D eigenvalue weighted by atomic mass is 19.2. The highest BCUT2D eigenvalue weighted by molar-refractivity contribution is 6.06. The average Bonchev–Trinajstić information content (AvgIpc) is 3.13. The molecule has 0 saturated heterocycles. The fourth-order valence-electron chi connectivity index (χ4n) is 4.71. The number of pyridine rings is 1. The van der Waals surface area contributed by atoms with Crippen LogP contribution in [0.1, 0.15) is 40.3 Å². The number of halogens is 3. The van der Waals surface area contributed by atoms with E-state index in [0.29, 0.717) is 29.9 Å². The maximum Gasteiger partial charge on any atom is 0.255 e. The molecule has 3 heterocycles. The SMILES string of the molecule is Cc1cc(C(=O)N2CCc3c(nn(C)c3-c3cc(F)c(F)c(F)c3)[C@@H]2C)c2ccccc2n1. The van der Waals surface area contributed by atoms with Gasteiger partial charge in [0.15, 0.2) is 17.5 Å². The summed E-state index contributed by atoms with van der Waals surface area (Å²) in [5.41, 5.74) is 4.28. The van der Waals surface area contributed by atoms with Crippen LogP contribution < -0.4 is 0 Å². The van der Waals surface area contributed by atoms with Gasteiger partial charge in [-0.1, -0.05) is 18.2 Å². The Balaban J connectivity index is 1.55. The van der Waals surface area contributed by atoms with Crippen molar-refractivity contribution in [2.75, 3.05) is 6.54 Å². The third-order valence-electron chi connectivity index (χ3n) is 6.24. The van der Waals surface area contributed by atoms with Crippen molar-refractivity contribution in [2.24, 2.45) is 7.05 Å². The van der Waals surface area contributed by atoms with Gasteiger partial charge >= 0.3 is 0 Å². The smallest absolute Gasteiger partial charge is 0.255 e. The van der Waals surface area contributed by atoms with Crippen LogP contribution in [0.25, 0.3) is 22.2 Å². The van der Waals surface area contributed by atoms with Crippen LogP contribution in [0.2, 0.25) is 0 Å². The lowest BCUT2D eigenvalue weighted by atomic mass is 9.94. The Bertz CT molecular complexity index is 1410. The molecule has 8 heteroatoms. The minimum Gasteiger partial charge on any atom is -0.330 e. The largest absolute Gasteiger partial charge is 0.330 e. The minimum atomic E-state index is -1.50. The lowest BCUT2D eigenvalue weighted by Crippen LogP contribution is -2.39. The monoisotopic (exact) mass is 450 g/mol. The summed E-state index contributed by atoms with van der Waals surface area (Å²) in [4.78, 5) is 19.9. The first-order valence-corrected chi connectivity index (χ1v) is 10.6. The van der Waals surface area contributed by atoms with Gasteiger partial charge in [0, 0.05) is 35.8 Å². The number of nitrogens with zero attached hydrogens (tertiary/aromatic N) is 4. The summed E-state index contributed by atoms with van der Waals surface area (Å²) >= 11 is 0. The normalized spacial score (nSPS) is 15.7. The lowest BCUT2D eigenvalue weighted by molar-refractivity contribution is 0.0675. The minimum absolute atomic E-state index is 0.124. The Morgan fingerprint density at radius 3 is 2.52 bits per heavy atom. The van der Waals surface area contributed by atoms with E-state index in [1.807, 2.05) is 38.1 Å². The number of carbonyl (C=O) groups excluding carboxylic acids is 1. The number of hydrogen-bond acceptors (Lipinski definition) is 3. The van der Waals surface area contributed by atoms with Crippen LogP contribution in [0.3, 0.4) is 0 Å². The number of benzene rings is 2. The molecule has 1 amide bonds. The first-order valence-electron chi connectivity index (χ1n) is 10.6. The zero-order chi connectivity index (χ0) is 23.4. The lowest BCUT2D eigenvalue weighted by Gasteiger charge is -2.33. The van der Waals surface area contributed by atoms with Gasteiger partial charge in [0.05, 0.1) is 28.5 Å². The number of aromatic nitrogens is 3. The maximum absolute atomic E-state index is 13.9. The number of carbonyl (C=O) groups is 1. The topological polar surface area (TPSA) is 51.0 Å². The molecular formula is C25H21F3N4O. The van der Waals surface area contributed by atoms with Gasteiger partial charge in [-0.3, -0.25) is 14.5 Å². The van der Waals surface area contributed by atoms with E-state index in [2.05, 4.69) is 10.1 Å². The van der Waals surface area contributed by atoms with E-state index in [1.165, 1.54) is 4.68 Å². The molecule has 0 N–H and O–H groups in total. The van der Waals surface area contributed by atoms with E-state index < -0.39 is 17.5 Å². The van der Waals surface area contributed by atoms with Gasteiger partial charge in [-0.2, -0.15) is 5.10 Å². The molecule has 168 valence electrons. The zero-order valence-corrected chi connectivity index (χ0v) is 18.4. The van der Waals surface area contributed by atoms with Crippen molar-refractivity contribution in [3.63, 3.8) is 0 Å². The molecule has 2 aromatic carbocycles. The second-order valence-electron chi connectivity index (χ2n) is 8.34. The fourth-order valence-corrected chi connectivity index (χ4v) is 4.71. The third-order valence-corrected chi connectivity index (χ3v) is 6.24. The van der Waals surface area contributed by atoms with E-state index in [9.17, 15) is 18.0 Å². The standard InChI is InChI=1S/C25H21F3N4O/c1-13-10-18(16-6-4-5-7-21(16)29-13)25(33)32-9-8-17-23(14(32)2)30-31(3)24(17)15-11-19(26)22(28)20(27)12-15/h4-7,10-12,14H,8-9H2,1-3H3/t14-/m0/s1. The number of rotatable bonds is 2. The molecule has 0 fully saturated rings. The summed E-state index contributed by atoms with van der Waals surface area (Å²) in [6.45, 7) is 4.15. The fraction of sp³-hybridized carbons (Fsp3) is 0.240. The Morgan fingerprint density at radius 2 is 1.79 bits per heavy atom. The molecule has 2 aromatic heterocycles. The number of fused-ring (bicyclic) bond motifs is 2. The molecular weight excluding hydrogens is 429 g/mol. The van der Waals surface area contributed by atoms with Gasteiger partial charge in [0.2, 0.25) is 0 Å². The van der Waals surface area contributed by atoms with Gasteiger partial charge in [-0.25, -0.2) is 13.2 Å². The van der Waals surface area contributed by atoms with Crippen molar-refractivity contribution in [3.05, 3.63) is 82.4 Å². The second-order valence-corrected chi connectivity index (χ2v) is 8.34. The van der Waals surface area contributed by atoms with Gasteiger partial charge in [-0.15, -0.1) is 0 Å². The van der Waals surface area contributed by atoms with Gasteiger partial charge in [0.1, 0.15) is 0 Å². The molecule has 0 spiro atoms. The molecule has 0 saturated carbocycles. The van der Waals surface area contributed by atoms with Crippen molar-refractivity contribution in [3.8, 4) is 11.3 Å². The maximum atomic E-state index is 13.9. The second kappa shape index (κ2) is 7.72. The summed E-state index contributed by atoms with van der Waals surface area (Å²) in [5.74, 6) is -4.12. The highest BCUT2D eigenvalue weighted by Crippen LogP contribution is 2.37. The summed E-state index contributed by atoms with van der Waals surface area (Å²) < 4.78 is 42.8. The van der Waals surface area contributed by atoms with Crippen molar-refractivity contribution in [2.45, 2.75) is 26.3 Å². The number of aryl methyl sites for hydroxylation is 2. The summed E-state index contributed by atoms with van der Waals surface area (Å²) in [6.07, 6.45) is 0.456. The van der Waals surface area contributed by atoms with Gasteiger partial charge in [-0.05, 0) is 44.5 Å². The van der Waals surface area contributed by atoms with Crippen molar-refractivity contribution in [1.29, 1.82) is 0 Å². The Hall–Kier alpha value is -3.68. The molecule has 1 atom stereocenters. The van der Waals surface area contributed by atoms with E-state index in [0.717, 1.165) is 34.3 Å². The molecule has 0 radical (unpaired) electrons. The Morgan fingerprint density at radius 1 is 1.09 bits per heavy atom. The summed E-state index contributed by atoms with van der Waals surface area (Å²) in [6, 6.07) is 10.9. The molecule has 1 aliphatic heterocycles. The molecule has 0 bridgehead atoms. The molecule has 1 aliphatic rings. The Labute approximate surface area is 188 Å². The molecule has 4 aromatic rings. The molecule has 0 aliphatic carbocycles. The molecule has 5 rings (SSSR count). The van der Waals surface area contributed by atoms with Crippen molar-refractivity contribution >= 4 is 16.8 Å². The predicted molar refractivity (Wildman–Crippen MR) is 118 cm³/mol. The predicted octanol–water partition coefficient (Wildman–Crippen LogP) is 5.12. The third kappa shape index (κ3) is 3.37. The molecule has 5 nitrogen and oxygen atoms in total. The highest BCUT2D eigenvalue weighted by Gasteiger charge is 2.34. The van der Waals surface area contributed by atoms with E-state index in [4.69, 9.17) is 0 Å². The van der Waals surface area contributed by atoms with Crippen LogP contribution in [0.15, 0.2) is 42.5 Å². The van der Waals surface area contributed by atoms with Crippen LogP contribution in [0.5, 0.6) is 0 Å². The zero-order valence-electron chi connectivity index (χ0n) is 18.4. The van der Waals surface area contributed by atoms with Gasteiger partial charge < -0.3 is 4.90 Å². The average molecular weight is 450 g/mol. The number of amides is 1. The van der Waals surface area contributed by atoms with Gasteiger partial charge in [0.25, 0.3) is 5.91 Å². The van der Waals surface area contributed by atoms with Crippen molar-refractivity contribution < 1.29 is 18.0 Å². The van der Waals surface area contributed by atoms with Crippen LogP contribution >= 0.6 is 0 Å². The van der Waals surface area contributed by atoms with Crippen LogP contribution in [-0.2, 0) is 13.5 Å². The van der Waals surface area contributed by atoms with E-state index in [-0.39, 0.29) is 17.5 Å². The summed E-state index contributed by atoms with van der Waals surface area (Å²) in [7, 11) is 1.67. The first-order chi connectivity index (χ1) is 15.8. The number of hydrogen-bond donors (Lipinski definition) is 0. The molecule has 0 unspecified atom stereocenters. The number of para-hydroxylation sites is 1. The first kappa shape index (κ1) is 21.2. The van der Waals surface area contributed by atoms with Crippen molar-refractivity contribution in [1.82, 2.24) is 19.7 Å². The molecule has 33 heavy (non-hydrogen) atoms. The summed E-state index contributed by atoms with van der Waals surface area (Å²) in [5, 5.41) is 5.35. The quantitative estimate of drug-likeness (QED) is 0.399. The van der Waals surface area contributed by atoms with Crippen LogP contribution in [-0.4, -0.2) is 32.1 Å². The Kier molecular flexibility index (Phi) is 4.96. The van der Waals surface area contributed by atoms with Crippen LogP contribution in [0.4, 0.5) is 13.2 Å².